The number of Topliss-reactive ketones (excluding diaryl/α,β-unsaturated/α-hetero) is 1. The van der Waals surface area contributed by atoms with Crippen LogP contribution in [-0.4, -0.2) is 24.1 Å². The second kappa shape index (κ2) is 6.53. The van der Waals surface area contributed by atoms with E-state index >= 15 is 0 Å². The van der Waals surface area contributed by atoms with Gasteiger partial charge in [0.05, 0.1) is 0 Å². The standard InChI is InChI=1S/C24H30O4/c1-14-11-20-18-6-5-16-12-17(26)7-9-23(16,3)19(18)8-10-24(20,4)22(14)21(27)13-28-15(2)25/h7-9,12,14,18,20,22H,5-6,10-11,13H2,1-4H3/t14-,18-,20+,22-,23+,24+/m1/s1. The number of fused-ring (bicyclic) bond motifs is 5. The van der Waals surface area contributed by atoms with Crippen molar-refractivity contribution in [2.45, 2.75) is 53.4 Å². The predicted molar refractivity (Wildman–Crippen MR) is 106 cm³/mol. The molecule has 28 heavy (non-hydrogen) atoms. The molecule has 0 aromatic rings. The van der Waals surface area contributed by atoms with Crippen LogP contribution in [0, 0.1) is 34.5 Å². The van der Waals surface area contributed by atoms with Crippen LogP contribution in [0.1, 0.15) is 53.4 Å². The van der Waals surface area contributed by atoms with Crippen molar-refractivity contribution in [1.29, 1.82) is 0 Å². The van der Waals surface area contributed by atoms with Gasteiger partial charge in [-0.2, -0.15) is 0 Å². The number of carbonyl (C=O) groups is 3. The van der Waals surface area contributed by atoms with Crippen LogP contribution in [0.25, 0.3) is 0 Å². The molecule has 0 radical (unpaired) electrons. The van der Waals surface area contributed by atoms with Gasteiger partial charge in [-0.05, 0) is 67.9 Å². The highest BCUT2D eigenvalue weighted by Crippen LogP contribution is 2.65. The second-order valence-corrected chi connectivity index (χ2v) is 9.67. The van der Waals surface area contributed by atoms with Gasteiger partial charge in [-0.25, -0.2) is 0 Å². The van der Waals surface area contributed by atoms with Crippen molar-refractivity contribution < 1.29 is 19.1 Å². The quantitative estimate of drug-likeness (QED) is 0.542. The average Bonchev–Trinajstić information content (AvgIpc) is 2.90. The number of carbonyl (C=O) groups excluding carboxylic acids is 3. The van der Waals surface area contributed by atoms with Gasteiger partial charge in [-0.1, -0.05) is 37.1 Å². The van der Waals surface area contributed by atoms with Crippen LogP contribution in [-0.2, 0) is 19.1 Å². The normalized spacial score (nSPS) is 41.4. The van der Waals surface area contributed by atoms with Crippen molar-refractivity contribution in [2.75, 3.05) is 6.61 Å². The van der Waals surface area contributed by atoms with E-state index in [9.17, 15) is 14.4 Å². The van der Waals surface area contributed by atoms with Gasteiger partial charge in [0.1, 0.15) is 6.61 Å². The first-order valence-electron chi connectivity index (χ1n) is 10.5. The first kappa shape index (κ1) is 19.4. The van der Waals surface area contributed by atoms with Crippen molar-refractivity contribution in [3.8, 4) is 0 Å². The zero-order valence-electron chi connectivity index (χ0n) is 17.3. The van der Waals surface area contributed by atoms with E-state index in [4.69, 9.17) is 4.74 Å². The van der Waals surface area contributed by atoms with E-state index in [-0.39, 0.29) is 34.9 Å². The number of hydrogen-bond acceptors (Lipinski definition) is 4. The Hall–Kier alpha value is -1.97. The number of rotatable bonds is 3. The van der Waals surface area contributed by atoms with Crippen molar-refractivity contribution in [3.05, 3.63) is 35.5 Å². The summed E-state index contributed by atoms with van der Waals surface area (Å²) in [5.41, 5.74) is 2.44. The van der Waals surface area contributed by atoms with Crippen LogP contribution in [0.3, 0.4) is 0 Å². The minimum atomic E-state index is -0.398. The fourth-order valence-electron chi connectivity index (χ4n) is 6.84. The Kier molecular flexibility index (Phi) is 4.52. The molecule has 0 heterocycles. The summed E-state index contributed by atoms with van der Waals surface area (Å²) in [5.74, 6) is 0.894. The van der Waals surface area contributed by atoms with Crippen LogP contribution in [0.15, 0.2) is 35.5 Å². The van der Waals surface area contributed by atoms with E-state index in [0.717, 1.165) is 25.7 Å². The lowest BCUT2D eigenvalue weighted by molar-refractivity contribution is -0.148. The topological polar surface area (TPSA) is 60.4 Å². The van der Waals surface area contributed by atoms with Crippen molar-refractivity contribution >= 4 is 17.5 Å². The molecule has 0 aromatic heterocycles. The first-order valence-corrected chi connectivity index (χ1v) is 10.5. The van der Waals surface area contributed by atoms with Crippen molar-refractivity contribution in [2.24, 2.45) is 34.5 Å². The molecule has 2 saturated carbocycles. The molecule has 2 fully saturated rings. The summed E-state index contributed by atoms with van der Waals surface area (Å²) in [4.78, 5) is 36.0. The maximum atomic E-state index is 13.0. The van der Waals surface area contributed by atoms with Gasteiger partial charge in [0, 0.05) is 18.3 Å². The molecule has 0 aliphatic heterocycles. The number of hydrogen-bond donors (Lipinski definition) is 0. The molecule has 6 atom stereocenters. The van der Waals surface area contributed by atoms with Crippen LogP contribution < -0.4 is 0 Å². The fraction of sp³-hybridized carbons (Fsp3) is 0.625. The molecule has 4 rings (SSSR count). The monoisotopic (exact) mass is 382 g/mol. The molecule has 0 saturated heterocycles. The average molecular weight is 383 g/mol. The van der Waals surface area contributed by atoms with E-state index in [2.05, 4.69) is 32.9 Å². The third-order valence-corrected chi connectivity index (χ3v) is 8.05. The lowest BCUT2D eigenvalue weighted by Crippen LogP contribution is -2.45. The van der Waals surface area contributed by atoms with Crippen LogP contribution in [0.4, 0.5) is 0 Å². The van der Waals surface area contributed by atoms with Crippen molar-refractivity contribution in [3.63, 3.8) is 0 Å². The Bertz CT molecular complexity index is 832. The van der Waals surface area contributed by atoms with Gasteiger partial charge in [0.2, 0.25) is 0 Å². The highest BCUT2D eigenvalue weighted by molar-refractivity contribution is 6.01. The summed E-state index contributed by atoms with van der Waals surface area (Å²) in [7, 11) is 0. The maximum Gasteiger partial charge on any atom is 0.303 e. The number of ketones is 2. The van der Waals surface area contributed by atoms with E-state index < -0.39 is 5.97 Å². The zero-order chi connectivity index (χ0) is 20.3. The molecule has 0 unspecified atom stereocenters. The van der Waals surface area contributed by atoms with Crippen LogP contribution >= 0.6 is 0 Å². The molecule has 0 bridgehead atoms. The van der Waals surface area contributed by atoms with Crippen LogP contribution in [0.2, 0.25) is 0 Å². The number of ether oxygens (including phenoxy) is 1. The van der Waals surface area contributed by atoms with E-state index in [0.29, 0.717) is 17.8 Å². The zero-order valence-corrected chi connectivity index (χ0v) is 17.3. The highest BCUT2D eigenvalue weighted by Gasteiger charge is 2.59. The van der Waals surface area contributed by atoms with Crippen LogP contribution in [0.5, 0.6) is 0 Å². The lowest BCUT2D eigenvalue weighted by atomic mass is 9.52. The molecule has 0 aromatic carbocycles. The van der Waals surface area contributed by atoms with Gasteiger partial charge >= 0.3 is 5.97 Å². The first-order chi connectivity index (χ1) is 13.2. The number of esters is 1. The predicted octanol–water partition coefficient (Wildman–Crippen LogP) is 4.21. The highest BCUT2D eigenvalue weighted by atomic mass is 16.5. The van der Waals surface area contributed by atoms with Crippen molar-refractivity contribution in [1.82, 2.24) is 0 Å². The summed E-state index contributed by atoms with van der Waals surface area (Å²) in [6, 6.07) is 0. The molecule has 0 spiro atoms. The van der Waals surface area contributed by atoms with Gasteiger partial charge < -0.3 is 4.74 Å². The Morgan fingerprint density at radius 1 is 1.29 bits per heavy atom. The Morgan fingerprint density at radius 2 is 2.04 bits per heavy atom. The molecular weight excluding hydrogens is 352 g/mol. The Labute approximate surface area is 167 Å². The Balaban J connectivity index is 1.66. The summed E-state index contributed by atoms with van der Waals surface area (Å²) < 4.78 is 5.04. The molecule has 0 amide bonds. The maximum absolute atomic E-state index is 13.0. The fourth-order valence-corrected chi connectivity index (χ4v) is 6.84. The summed E-state index contributed by atoms with van der Waals surface area (Å²) >= 11 is 0. The summed E-state index contributed by atoms with van der Waals surface area (Å²) in [6.45, 7) is 7.92. The third kappa shape index (κ3) is 2.75. The third-order valence-electron chi connectivity index (χ3n) is 8.05. The van der Waals surface area contributed by atoms with Gasteiger partial charge in [0.25, 0.3) is 0 Å². The molecule has 4 aliphatic carbocycles. The molecular formula is C24H30O4. The lowest BCUT2D eigenvalue weighted by Gasteiger charge is -2.52. The van der Waals surface area contributed by atoms with Gasteiger partial charge in [-0.15, -0.1) is 0 Å². The van der Waals surface area contributed by atoms with E-state index in [1.165, 1.54) is 18.1 Å². The SMILES string of the molecule is CC(=O)OCC(=O)[C@H]1[C@H](C)C[C@H]2[C@@H]3CCC4=CC(=O)C=C[C@]4(C)C3=CC[C@@]21C. The minimum Gasteiger partial charge on any atom is -0.458 e. The summed E-state index contributed by atoms with van der Waals surface area (Å²) in [5, 5.41) is 0. The summed E-state index contributed by atoms with van der Waals surface area (Å²) in [6.07, 6.45) is 11.9. The number of allylic oxidation sites excluding steroid dienone is 6. The largest absolute Gasteiger partial charge is 0.458 e. The van der Waals surface area contributed by atoms with E-state index in [1.54, 1.807) is 6.08 Å². The molecule has 0 N–H and O–H groups in total. The van der Waals surface area contributed by atoms with Gasteiger partial charge in [-0.3, -0.25) is 14.4 Å². The Morgan fingerprint density at radius 3 is 2.75 bits per heavy atom. The smallest absolute Gasteiger partial charge is 0.303 e. The second-order valence-electron chi connectivity index (χ2n) is 9.67. The molecule has 150 valence electrons. The van der Waals surface area contributed by atoms with E-state index in [1.807, 2.05) is 6.08 Å². The molecule has 4 nitrogen and oxygen atoms in total. The minimum absolute atomic E-state index is 0.0651. The molecule has 4 heteroatoms. The molecule has 4 aliphatic rings. The van der Waals surface area contributed by atoms with Gasteiger partial charge in [0.15, 0.2) is 11.6 Å².